The molecular formula is C38H33FN6O6S. The smallest absolute Gasteiger partial charge is 0.269 e. The van der Waals surface area contributed by atoms with Crippen molar-refractivity contribution in [2.45, 2.75) is 6.42 Å². The van der Waals surface area contributed by atoms with Gasteiger partial charge in [-0.1, -0.05) is 18.2 Å². The predicted molar refractivity (Wildman–Crippen MR) is 198 cm³/mol. The van der Waals surface area contributed by atoms with E-state index in [2.05, 4.69) is 25.4 Å². The standard InChI is InChI=1S/C38H33FN6O6S/c1-49-35-21-29-33(22-36(35)50-16-4-13-44-14-17-52-18-15-44)43-40-23-37(29)51-34-12-9-25(19-30(34)39)41-38(46)28-20-32(42-31-6-3-2-5-27(28)31)24-7-10-26(11-8-24)45(47)48/h2-3,5-12,19-23H,4,13-18H2,1H3,(H,41,46). The average Bonchev–Trinajstić information content (AvgIpc) is 3.17. The summed E-state index contributed by atoms with van der Waals surface area (Å²) in [5.74, 6) is 2.30. The van der Waals surface area contributed by atoms with Gasteiger partial charge in [-0.2, -0.15) is 22.0 Å². The van der Waals surface area contributed by atoms with E-state index in [1.54, 1.807) is 61.7 Å². The van der Waals surface area contributed by atoms with Crippen LogP contribution in [0.25, 0.3) is 33.1 Å². The predicted octanol–water partition coefficient (Wildman–Crippen LogP) is 7.76. The molecule has 0 saturated carbocycles. The van der Waals surface area contributed by atoms with Crippen molar-refractivity contribution in [3.63, 3.8) is 0 Å². The lowest BCUT2D eigenvalue weighted by Gasteiger charge is -2.25. The molecule has 0 unspecified atom stereocenters. The van der Waals surface area contributed by atoms with E-state index in [9.17, 15) is 14.9 Å². The number of hydrogen-bond acceptors (Lipinski definition) is 11. The minimum absolute atomic E-state index is 0.0579. The molecule has 4 aromatic carbocycles. The topological polar surface area (TPSA) is 142 Å². The molecule has 0 atom stereocenters. The molecule has 1 N–H and O–H groups in total. The Morgan fingerprint density at radius 1 is 0.942 bits per heavy atom. The molecule has 52 heavy (non-hydrogen) atoms. The lowest BCUT2D eigenvalue weighted by Crippen LogP contribution is -2.33. The Morgan fingerprint density at radius 3 is 2.52 bits per heavy atom. The van der Waals surface area contributed by atoms with E-state index in [1.807, 2.05) is 11.8 Å². The highest BCUT2D eigenvalue weighted by Gasteiger charge is 2.18. The summed E-state index contributed by atoms with van der Waals surface area (Å²) in [6.45, 7) is 3.67. The summed E-state index contributed by atoms with van der Waals surface area (Å²) in [5.41, 5.74) is 2.54. The van der Waals surface area contributed by atoms with Crippen molar-refractivity contribution in [2.75, 3.05) is 50.2 Å². The van der Waals surface area contributed by atoms with Crippen LogP contribution in [0.4, 0.5) is 15.8 Å². The molecule has 14 heteroatoms. The molecule has 0 aliphatic carbocycles. The first kappa shape index (κ1) is 34.6. The van der Waals surface area contributed by atoms with Crippen LogP contribution in [0, 0.1) is 15.9 Å². The molecule has 3 heterocycles. The van der Waals surface area contributed by atoms with E-state index in [4.69, 9.17) is 14.2 Å². The number of nitro groups is 1. The summed E-state index contributed by atoms with van der Waals surface area (Å²) >= 11 is 1.98. The number of para-hydroxylation sites is 1. The quantitative estimate of drug-likeness (QED) is 0.0753. The Labute approximate surface area is 302 Å². The van der Waals surface area contributed by atoms with E-state index >= 15 is 4.39 Å². The lowest BCUT2D eigenvalue weighted by atomic mass is 10.0. The van der Waals surface area contributed by atoms with Gasteiger partial charge in [-0.15, -0.1) is 0 Å². The number of nitrogens with zero attached hydrogens (tertiary/aromatic N) is 5. The molecule has 1 aliphatic heterocycles. The molecule has 0 radical (unpaired) electrons. The van der Waals surface area contributed by atoms with Crippen molar-refractivity contribution in [1.29, 1.82) is 0 Å². The number of hydrogen-bond donors (Lipinski definition) is 1. The molecule has 2 aromatic heterocycles. The third-order valence-electron chi connectivity index (χ3n) is 8.61. The van der Waals surface area contributed by atoms with E-state index < -0.39 is 16.6 Å². The summed E-state index contributed by atoms with van der Waals surface area (Å²) in [6, 6.07) is 22.2. The average molecular weight is 721 g/mol. The van der Waals surface area contributed by atoms with Gasteiger partial charge in [0.15, 0.2) is 28.8 Å². The van der Waals surface area contributed by atoms with E-state index in [-0.39, 0.29) is 22.9 Å². The Kier molecular flexibility index (Phi) is 10.4. The first-order chi connectivity index (χ1) is 25.4. The molecule has 12 nitrogen and oxygen atoms in total. The molecule has 0 bridgehead atoms. The number of thioether (sulfide) groups is 1. The van der Waals surface area contributed by atoms with Crippen molar-refractivity contribution in [3.8, 4) is 34.3 Å². The van der Waals surface area contributed by atoms with Gasteiger partial charge in [-0.3, -0.25) is 14.9 Å². The third kappa shape index (κ3) is 7.72. The number of benzene rings is 4. The van der Waals surface area contributed by atoms with Crippen LogP contribution in [0.15, 0.2) is 91.1 Å². The van der Waals surface area contributed by atoms with Crippen molar-refractivity contribution >= 4 is 50.8 Å². The molecule has 264 valence electrons. The number of fused-ring (bicyclic) bond motifs is 2. The van der Waals surface area contributed by atoms with Crippen LogP contribution in [-0.4, -0.2) is 75.8 Å². The van der Waals surface area contributed by atoms with Crippen LogP contribution in [0.1, 0.15) is 16.8 Å². The maximum Gasteiger partial charge on any atom is 0.269 e. The molecule has 0 spiro atoms. The number of methoxy groups -OCH3 is 1. The van der Waals surface area contributed by atoms with Gasteiger partial charge in [0, 0.05) is 72.0 Å². The highest BCUT2D eigenvalue weighted by atomic mass is 32.2. The number of nitro benzene ring substituents is 1. The zero-order chi connectivity index (χ0) is 36.0. The van der Waals surface area contributed by atoms with Crippen molar-refractivity contribution in [1.82, 2.24) is 20.1 Å². The SMILES string of the molecule is COc1cc2c(Oc3ccc(NC(=O)c4cc(-c5ccc([N+](=O)[O-])cc5)nc5ccccc45)cc3F)cnnc2cc1OCCCN1CCSCC1. The van der Waals surface area contributed by atoms with Gasteiger partial charge in [-0.05, 0) is 48.9 Å². The molecule has 6 aromatic rings. The monoisotopic (exact) mass is 720 g/mol. The number of amides is 1. The first-order valence-corrected chi connectivity index (χ1v) is 17.7. The number of pyridine rings is 1. The van der Waals surface area contributed by atoms with Crippen LogP contribution in [0.3, 0.4) is 0 Å². The molecule has 1 saturated heterocycles. The van der Waals surface area contributed by atoms with Crippen LogP contribution in [-0.2, 0) is 0 Å². The maximum atomic E-state index is 15.5. The summed E-state index contributed by atoms with van der Waals surface area (Å²) in [6.07, 6.45) is 2.27. The second kappa shape index (κ2) is 15.6. The number of ether oxygens (including phenoxy) is 3. The van der Waals surface area contributed by atoms with Gasteiger partial charge in [-0.25, -0.2) is 9.37 Å². The van der Waals surface area contributed by atoms with E-state index in [0.717, 1.165) is 37.6 Å². The van der Waals surface area contributed by atoms with Gasteiger partial charge < -0.3 is 24.4 Å². The second-order valence-electron chi connectivity index (χ2n) is 12.0. The number of nitrogens with one attached hydrogen (secondary N) is 1. The molecule has 1 aliphatic rings. The fourth-order valence-electron chi connectivity index (χ4n) is 5.93. The van der Waals surface area contributed by atoms with Crippen LogP contribution >= 0.6 is 11.8 Å². The fraction of sp³-hybridized carbons (Fsp3) is 0.211. The van der Waals surface area contributed by atoms with Gasteiger partial charge in [0.1, 0.15) is 5.52 Å². The van der Waals surface area contributed by atoms with Crippen LogP contribution in [0.5, 0.6) is 23.0 Å². The Balaban J connectivity index is 1.07. The molecule has 1 amide bonds. The highest BCUT2D eigenvalue weighted by Crippen LogP contribution is 2.38. The summed E-state index contributed by atoms with van der Waals surface area (Å²) in [4.78, 5) is 31.3. The van der Waals surface area contributed by atoms with Gasteiger partial charge >= 0.3 is 0 Å². The minimum atomic E-state index is -0.715. The summed E-state index contributed by atoms with van der Waals surface area (Å²) in [5, 5.41) is 23.3. The summed E-state index contributed by atoms with van der Waals surface area (Å²) < 4.78 is 33.2. The minimum Gasteiger partial charge on any atom is -0.493 e. The number of aromatic nitrogens is 3. The zero-order valence-corrected chi connectivity index (χ0v) is 28.9. The number of rotatable bonds is 12. The third-order valence-corrected chi connectivity index (χ3v) is 9.55. The number of non-ortho nitro benzene ring substituents is 1. The second-order valence-corrected chi connectivity index (χ2v) is 13.2. The molecule has 1 fully saturated rings. The maximum absolute atomic E-state index is 15.5. The van der Waals surface area contributed by atoms with Gasteiger partial charge in [0.25, 0.3) is 11.6 Å². The van der Waals surface area contributed by atoms with Crippen LogP contribution < -0.4 is 19.5 Å². The van der Waals surface area contributed by atoms with Gasteiger partial charge in [0.2, 0.25) is 0 Å². The number of carbonyl (C=O) groups excluding carboxylic acids is 1. The summed E-state index contributed by atoms with van der Waals surface area (Å²) in [7, 11) is 1.55. The van der Waals surface area contributed by atoms with Crippen molar-refractivity contribution in [2.24, 2.45) is 0 Å². The largest absolute Gasteiger partial charge is 0.493 e. The van der Waals surface area contributed by atoms with Crippen molar-refractivity contribution in [3.05, 3.63) is 113 Å². The fourth-order valence-corrected chi connectivity index (χ4v) is 6.91. The molecule has 7 rings (SSSR count). The Bertz CT molecular complexity index is 2270. The van der Waals surface area contributed by atoms with E-state index in [0.29, 0.717) is 56.7 Å². The Hall–Kier alpha value is -5.86. The first-order valence-electron chi connectivity index (χ1n) is 16.6. The lowest BCUT2D eigenvalue weighted by molar-refractivity contribution is -0.384. The number of carbonyl (C=O) groups is 1. The van der Waals surface area contributed by atoms with E-state index in [1.165, 1.54) is 36.5 Å². The molecular weight excluding hydrogens is 688 g/mol. The number of halogens is 1. The van der Waals surface area contributed by atoms with Crippen LogP contribution in [0.2, 0.25) is 0 Å². The highest BCUT2D eigenvalue weighted by molar-refractivity contribution is 7.99. The normalized spacial score (nSPS) is 13.2. The van der Waals surface area contributed by atoms with Crippen molar-refractivity contribution < 1.29 is 28.3 Å². The Morgan fingerprint density at radius 2 is 1.75 bits per heavy atom. The zero-order valence-electron chi connectivity index (χ0n) is 28.1. The number of anilines is 1. The van der Waals surface area contributed by atoms with Gasteiger partial charge in [0.05, 0.1) is 47.0 Å².